The molecule has 1 aromatic carbocycles. The fraction of sp³-hybridized carbons (Fsp3) is 0.667. The van der Waals surface area contributed by atoms with Crippen LogP contribution in [0.3, 0.4) is 0 Å². The average Bonchev–Trinajstić information content (AvgIpc) is 3.31. The van der Waals surface area contributed by atoms with Crippen LogP contribution in [0.1, 0.15) is 43.4 Å². The molecule has 1 aliphatic rings. The summed E-state index contributed by atoms with van der Waals surface area (Å²) in [7, 11) is 1.75. The molecule has 118 valence electrons. The summed E-state index contributed by atoms with van der Waals surface area (Å²) in [6, 6.07) is 8.72. The zero-order valence-electron chi connectivity index (χ0n) is 13.6. The molecule has 2 rings (SSSR count). The van der Waals surface area contributed by atoms with Gasteiger partial charge in [0.1, 0.15) is 0 Å². The molecule has 0 spiro atoms. The fourth-order valence-corrected chi connectivity index (χ4v) is 3.01. The predicted octanol–water partition coefficient (Wildman–Crippen LogP) is 3.17. The molecule has 0 bridgehead atoms. The largest absolute Gasteiger partial charge is 0.388 e. The lowest BCUT2D eigenvalue weighted by Crippen LogP contribution is -2.38. The van der Waals surface area contributed by atoms with Gasteiger partial charge >= 0.3 is 0 Å². The standard InChI is InChI=1S/C18H29NO2/c1-14-6-4-5-7-17(14)18(20)10-11-19(12-13-21-3)15(2)16-8-9-16/h4-7,15-16,18,20H,8-13H2,1-3H3. The Morgan fingerprint density at radius 1 is 1.29 bits per heavy atom. The Hall–Kier alpha value is -0.900. The van der Waals surface area contributed by atoms with E-state index in [0.717, 1.165) is 37.6 Å². The van der Waals surface area contributed by atoms with Crippen LogP contribution in [-0.4, -0.2) is 42.9 Å². The van der Waals surface area contributed by atoms with Gasteiger partial charge in [0.25, 0.3) is 0 Å². The van der Waals surface area contributed by atoms with Gasteiger partial charge in [-0.2, -0.15) is 0 Å². The van der Waals surface area contributed by atoms with E-state index in [9.17, 15) is 5.11 Å². The van der Waals surface area contributed by atoms with Gasteiger partial charge in [-0.15, -0.1) is 0 Å². The summed E-state index contributed by atoms with van der Waals surface area (Å²) in [5.74, 6) is 0.845. The van der Waals surface area contributed by atoms with Crippen molar-refractivity contribution in [3.63, 3.8) is 0 Å². The van der Waals surface area contributed by atoms with Gasteiger partial charge in [-0.3, -0.25) is 4.90 Å². The second-order valence-electron chi connectivity index (χ2n) is 6.27. The fourth-order valence-electron chi connectivity index (χ4n) is 3.01. The lowest BCUT2D eigenvalue weighted by Gasteiger charge is -2.30. The molecule has 3 nitrogen and oxygen atoms in total. The molecule has 1 N–H and O–H groups in total. The number of benzene rings is 1. The zero-order valence-corrected chi connectivity index (χ0v) is 13.6. The van der Waals surface area contributed by atoms with Crippen LogP contribution in [0.4, 0.5) is 0 Å². The van der Waals surface area contributed by atoms with Crippen LogP contribution in [-0.2, 0) is 4.74 Å². The second-order valence-corrected chi connectivity index (χ2v) is 6.27. The van der Waals surface area contributed by atoms with Crippen LogP contribution < -0.4 is 0 Å². The van der Waals surface area contributed by atoms with Crippen LogP contribution in [0, 0.1) is 12.8 Å². The molecule has 0 radical (unpaired) electrons. The topological polar surface area (TPSA) is 32.7 Å². The van der Waals surface area contributed by atoms with Crippen molar-refractivity contribution in [1.29, 1.82) is 0 Å². The highest BCUT2D eigenvalue weighted by Gasteiger charge is 2.31. The Labute approximate surface area is 128 Å². The van der Waals surface area contributed by atoms with Gasteiger partial charge < -0.3 is 9.84 Å². The molecule has 0 amide bonds. The second kappa shape index (κ2) is 7.92. The average molecular weight is 291 g/mol. The normalized spacial score (nSPS) is 18.0. The number of hydrogen-bond acceptors (Lipinski definition) is 3. The number of methoxy groups -OCH3 is 1. The Bertz CT molecular complexity index is 431. The highest BCUT2D eigenvalue weighted by Crippen LogP contribution is 2.35. The Morgan fingerprint density at radius 2 is 2.00 bits per heavy atom. The smallest absolute Gasteiger partial charge is 0.0804 e. The SMILES string of the molecule is COCCN(CCC(O)c1ccccc1C)C(C)C1CC1. The summed E-state index contributed by atoms with van der Waals surface area (Å²) in [5, 5.41) is 10.5. The predicted molar refractivity (Wildman–Crippen MR) is 86.4 cm³/mol. The molecule has 0 saturated heterocycles. The van der Waals surface area contributed by atoms with E-state index in [-0.39, 0.29) is 6.10 Å². The van der Waals surface area contributed by atoms with E-state index in [1.54, 1.807) is 7.11 Å². The first-order chi connectivity index (χ1) is 10.1. The number of nitrogens with zero attached hydrogens (tertiary/aromatic N) is 1. The number of aliphatic hydroxyl groups excluding tert-OH is 1. The van der Waals surface area contributed by atoms with E-state index in [1.165, 1.54) is 18.4 Å². The van der Waals surface area contributed by atoms with E-state index in [1.807, 2.05) is 18.2 Å². The lowest BCUT2D eigenvalue weighted by molar-refractivity contribution is 0.0915. The monoisotopic (exact) mass is 291 g/mol. The summed E-state index contributed by atoms with van der Waals surface area (Å²) in [6.45, 7) is 7.02. The molecular formula is C18H29NO2. The molecule has 0 aliphatic heterocycles. The minimum absolute atomic E-state index is 0.373. The third-order valence-corrected chi connectivity index (χ3v) is 4.70. The molecule has 3 heteroatoms. The van der Waals surface area contributed by atoms with Crippen LogP contribution in [0.5, 0.6) is 0 Å². The Morgan fingerprint density at radius 3 is 2.62 bits per heavy atom. The van der Waals surface area contributed by atoms with Gasteiger partial charge in [-0.05, 0) is 50.2 Å². The summed E-state index contributed by atoms with van der Waals surface area (Å²) in [4.78, 5) is 2.47. The van der Waals surface area contributed by atoms with Crippen molar-refractivity contribution >= 4 is 0 Å². The van der Waals surface area contributed by atoms with Gasteiger partial charge in [0.2, 0.25) is 0 Å². The van der Waals surface area contributed by atoms with Crippen LogP contribution in [0.2, 0.25) is 0 Å². The minimum Gasteiger partial charge on any atom is -0.388 e. The van der Waals surface area contributed by atoms with E-state index in [2.05, 4.69) is 24.8 Å². The van der Waals surface area contributed by atoms with E-state index >= 15 is 0 Å². The molecule has 2 unspecified atom stereocenters. The maximum Gasteiger partial charge on any atom is 0.0804 e. The lowest BCUT2D eigenvalue weighted by atomic mass is 10.0. The number of aliphatic hydroxyl groups is 1. The molecule has 1 saturated carbocycles. The van der Waals surface area contributed by atoms with E-state index < -0.39 is 0 Å². The summed E-state index contributed by atoms with van der Waals surface area (Å²) >= 11 is 0. The Balaban J connectivity index is 1.89. The highest BCUT2D eigenvalue weighted by molar-refractivity contribution is 5.27. The zero-order chi connectivity index (χ0) is 15.2. The quantitative estimate of drug-likeness (QED) is 0.758. The first-order valence-corrected chi connectivity index (χ1v) is 8.10. The molecular weight excluding hydrogens is 262 g/mol. The molecule has 0 aromatic heterocycles. The summed E-state index contributed by atoms with van der Waals surface area (Å²) in [6.07, 6.45) is 3.12. The third kappa shape index (κ3) is 4.80. The maximum absolute atomic E-state index is 10.5. The van der Waals surface area contributed by atoms with Crippen molar-refractivity contribution in [2.45, 2.75) is 45.3 Å². The molecule has 1 aliphatic carbocycles. The molecule has 1 fully saturated rings. The van der Waals surface area contributed by atoms with Crippen molar-refractivity contribution in [2.75, 3.05) is 26.8 Å². The van der Waals surface area contributed by atoms with Crippen LogP contribution in [0.15, 0.2) is 24.3 Å². The number of aryl methyl sites for hydroxylation is 1. The van der Waals surface area contributed by atoms with Crippen molar-refractivity contribution in [3.8, 4) is 0 Å². The Kier molecular flexibility index (Phi) is 6.22. The molecule has 1 aromatic rings. The molecule has 0 heterocycles. The van der Waals surface area contributed by atoms with Crippen molar-refractivity contribution in [1.82, 2.24) is 4.90 Å². The van der Waals surface area contributed by atoms with Crippen molar-refractivity contribution in [3.05, 3.63) is 35.4 Å². The van der Waals surface area contributed by atoms with E-state index in [0.29, 0.717) is 6.04 Å². The van der Waals surface area contributed by atoms with Crippen LogP contribution >= 0.6 is 0 Å². The van der Waals surface area contributed by atoms with Gasteiger partial charge in [0, 0.05) is 26.2 Å². The van der Waals surface area contributed by atoms with E-state index in [4.69, 9.17) is 4.74 Å². The maximum atomic E-state index is 10.5. The molecule has 21 heavy (non-hydrogen) atoms. The van der Waals surface area contributed by atoms with Gasteiger partial charge in [-0.25, -0.2) is 0 Å². The number of ether oxygens (including phenoxy) is 1. The first kappa shape index (κ1) is 16.5. The summed E-state index contributed by atoms with van der Waals surface area (Å²) < 4.78 is 5.23. The summed E-state index contributed by atoms with van der Waals surface area (Å²) in [5.41, 5.74) is 2.23. The number of rotatable bonds is 9. The highest BCUT2D eigenvalue weighted by atomic mass is 16.5. The molecule has 2 atom stereocenters. The third-order valence-electron chi connectivity index (χ3n) is 4.70. The minimum atomic E-state index is -0.373. The van der Waals surface area contributed by atoms with Gasteiger partial charge in [0.15, 0.2) is 0 Å². The number of hydrogen-bond donors (Lipinski definition) is 1. The first-order valence-electron chi connectivity index (χ1n) is 8.10. The van der Waals surface area contributed by atoms with Gasteiger partial charge in [-0.1, -0.05) is 24.3 Å². The van der Waals surface area contributed by atoms with Crippen LogP contribution in [0.25, 0.3) is 0 Å². The van der Waals surface area contributed by atoms with Crippen molar-refractivity contribution < 1.29 is 9.84 Å². The van der Waals surface area contributed by atoms with Crippen molar-refractivity contribution in [2.24, 2.45) is 5.92 Å². The van der Waals surface area contributed by atoms with Gasteiger partial charge in [0.05, 0.1) is 12.7 Å².